The van der Waals surface area contributed by atoms with Crippen molar-refractivity contribution in [3.05, 3.63) is 86.5 Å². The van der Waals surface area contributed by atoms with Crippen LogP contribution in [0, 0.1) is 40.9 Å². The fourth-order valence-electron chi connectivity index (χ4n) is 3.09. The fourth-order valence-corrected chi connectivity index (χ4v) is 3.49. The van der Waals surface area contributed by atoms with Gasteiger partial charge < -0.3 is 5.11 Å². The second-order valence-electron chi connectivity index (χ2n) is 6.11. The molecule has 0 atom stereocenters. The second kappa shape index (κ2) is 8.40. The SMILES string of the molecule is Cc1nc(=C(C#N)C#N)c(C#N)c(-c2cccc(Br)c2)/c1=C(\O)c1ccccc1. The number of aliphatic hydroxyl groups is 1. The zero-order chi connectivity index (χ0) is 21.0. The first-order chi connectivity index (χ1) is 14.0. The topological polar surface area (TPSA) is 104 Å². The van der Waals surface area contributed by atoms with E-state index in [-0.39, 0.29) is 22.2 Å². The van der Waals surface area contributed by atoms with Gasteiger partial charge in [-0.1, -0.05) is 58.4 Å². The molecule has 0 aliphatic rings. The van der Waals surface area contributed by atoms with Gasteiger partial charge in [-0.15, -0.1) is 0 Å². The number of aliphatic hydroxyl groups excluding tert-OH is 1. The third-order valence-electron chi connectivity index (χ3n) is 4.35. The molecule has 1 aromatic heterocycles. The second-order valence-corrected chi connectivity index (χ2v) is 7.02. The van der Waals surface area contributed by atoms with E-state index in [1.165, 1.54) is 0 Å². The Kier molecular flexibility index (Phi) is 5.74. The molecule has 138 valence electrons. The van der Waals surface area contributed by atoms with Gasteiger partial charge in [-0.05, 0) is 24.6 Å². The van der Waals surface area contributed by atoms with E-state index in [9.17, 15) is 20.9 Å². The van der Waals surface area contributed by atoms with Gasteiger partial charge in [-0.25, -0.2) is 4.98 Å². The van der Waals surface area contributed by atoms with Crippen LogP contribution in [-0.4, -0.2) is 10.1 Å². The van der Waals surface area contributed by atoms with Crippen LogP contribution in [0.5, 0.6) is 0 Å². The van der Waals surface area contributed by atoms with Gasteiger partial charge >= 0.3 is 0 Å². The normalized spacial score (nSPS) is 11.0. The number of pyridine rings is 1. The van der Waals surface area contributed by atoms with Crippen molar-refractivity contribution in [3.63, 3.8) is 0 Å². The first-order valence-corrected chi connectivity index (χ1v) is 9.31. The molecule has 0 amide bonds. The summed E-state index contributed by atoms with van der Waals surface area (Å²) in [6, 6.07) is 21.9. The van der Waals surface area contributed by atoms with Crippen molar-refractivity contribution in [1.82, 2.24) is 4.98 Å². The predicted octanol–water partition coefficient (Wildman–Crippen LogP) is 3.60. The van der Waals surface area contributed by atoms with Crippen LogP contribution in [0.1, 0.15) is 16.8 Å². The van der Waals surface area contributed by atoms with E-state index in [1.807, 2.05) is 12.1 Å². The Morgan fingerprint density at radius 2 is 1.69 bits per heavy atom. The molecule has 0 bridgehead atoms. The number of hydrogen-bond donors (Lipinski definition) is 1. The van der Waals surface area contributed by atoms with Crippen molar-refractivity contribution in [2.75, 3.05) is 0 Å². The largest absolute Gasteiger partial charge is 0.507 e. The maximum atomic E-state index is 11.1. The van der Waals surface area contributed by atoms with Crippen molar-refractivity contribution < 1.29 is 5.11 Å². The van der Waals surface area contributed by atoms with Crippen molar-refractivity contribution in [1.29, 1.82) is 15.8 Å². The van der Waals surface area contributed by atoms with Gasteiger partial charge in [0.2, 0.25) is 0 Å². The quantitative estimate of drug-likeness (QED) is 0.655. The highest BCUT2D eigenvalue weighted by Crippen LogP contribution is 2.24. The van der Waals surface area contributed by atoms with Crippen molar-refractivity contribution in [3.8, 4) is 29.3 Å². The van der Waals surface area contributed by atoms with Crippen LogP contribution < -0.4 is 10.6 Å². The Hall–Kier alpha value is -3.92. The summed E-state index contributed by atoms with van der Waals surface area (Å²) in [5, 5.41) is 40.0. The molecule has 1 heterocycles. The van der Waals surface area contributed by atoms with E-state index in [1.54, 1.807) is 61.5 Å². The van der Waals surface area contributed by atoms with Crippen molar-refractivity contribution in [2.45, 2.75) is 6.92 Å². The van der Waals surface area contributed by atoms with Crippen LogP contribution >= 0.6 is 15.9 Å². The number of benzene rings is 2. The van der Waals surface area contributed by atoms with Crippen LogP contribution in [0.4, 0.5) is 0 Å². The van der Waals surface area contributed by atoms with Crippen molar-refractivity contribution >= 4 is 27.3 Å². The Morgan fingerprint density at radius 1 is 1.00 bits per heavy atom. The van der Waals surface area contributed by atoms with Crippen LogP contribution in [0.25, 0.3) is 22.5 Å². The van der Waals surface area contributed by atoms with Crippen molar-refractivity contribution in [2.24, 2.45) is 0 Å². The number of nitriles is 3. The number of halogens is 1. The Labute approximate surface area is 175 Å². The Morgan fingerprint density at radius 3 is 2.28 bits per heavy atom. The van der Waals surface area contributed by atoms with Crippen LogP contribution in [-0.2, 0) is 0 Å². The molecular formula is C23H13BrN4O. The molecule has 0 spiro atoms. The third-order valence-corrected chi connectivity index (χ3v) is 4.84. The Balaban J connectivity index is 2.66. The predicted molar refractivity (Wildman–Crippen MR) is 112 cm³/mol. The molecular weight excluding hydrogens is 428 g/mol. The summed E-state index contributed by atoms with van der Waals surface area (Å²) < 4.78 is 0.782. The molecule has 0 aliphatic heterocycles. The average Bonchev–Trinajstić information content (AvgIpc) is 2.74. The molecule has 0 saturated heterocycles. The minimum atomic E-state index is -0.258. The minimum absolute atomic E-state index is 0.00888. The third kappa shape index (κ3) is 3.73. The van der Waals surface area contributed by atoms with Gasteiger partial charge in [0.25, 0.3) is 0 Å². The molecule has 3 rings (SSSR count). The molecule has 6 heteroatoms. The van der Waals surface area contributed by atoms with Crippen LogP contribution in [0.3, 0.4) is 0 Å². The summed E-state index contributed by atoms with van der Waals surface area (Å²) in [6.07, 6.45) is 0. The summed E-state index contributed by atoms with van der Waals surface area (Å²) in [5.74, 6) is -0.0379. The average molecular weight is 441 g/mol. The zero-order valence-corrected chi connectivity index (χ0v) is 16.9. The minimum Gasteiger partial charge on any atom is -0.507 e. The molecule has 1 N–H and O–H groups in total. The van der Waals surface area contributed by atoms with Crippen LogP contribution in [0.2, 0.25) is 0 Å². The van der Waals surface area contributed by atoms with E-state index < -0.39 is 0 Å². The summed E-state index contributed by atoms with van der Waals surface area (Å²) in [7, 11) is 0. The van der Waals surface area contributed by atoms with E-state index in [4.69, 9.17) is 0 Å². The number of rotatable bonds is 2. The van der Waals surface area contributed by atoms with Gasteiger partial charge in [0.15, 0.2) is 5.57 Å². The summed E-state index contributed by atoms with van der Waals surface area (Å²) in [6.45, 7) is 1.67. The summed E-state index contributed by atoms with van der Waals surface area (Å²) in [4.78, 5) is 4.34. The molecule has 0 saturated carbocycles. The lowest BCUT2D eigenvalue weighted by Gasteiger charge is -2.12. The molecule has 29 heavy (non-hydrogen) atoms. The maximum absolute atomic E-state index is 11.1. The number of aromatic nitrogens is 1. The van der Waals surface area contributed by atoms with E-state index in [0.717, 1.165) is 4.47 Å². The highest BCUT2D eigenvalue weighted by molar-refractivity contribution is 9.10. The molecule has 0 unspecified atom stereocenters. The lowest BCUT2D eigenvalue weighted by Crippen LogP contribution is -2.28. The maximum Gasteiger partial charge on any atom is 0.156 e. The van der Waals surface area contributed by atoms with Gasteiger partial charge in [0.1, 0.15) is 29.3 Å². The Bertz CT molecular complexity index is 1340. The molecule has 5 nitrogen and oxygen atoms in total. The fraction of sp³-hybridized carbons (Fsp3) is 0.0435. The number of nitrogens with zero attached hydrogens (tertiary/aromatic N) is 4. The first kappa shape index (κ1) is 19.8. The summed E-state index contributed by atoms with van der Waals surface area (Å²) in [5.41, 5.74) is 1.83. The summed E-state index contributed by atoms with van der Waals surface area (Å²) >= 11 is 3.43. The molecule has 0 radical (unpaired) electrons. The van der Waals surface area contributed by atoms with Gasteiger partial charge in [-0.3, -0.25) is 0 Å². The molecule has 0 aliphatic carbocycles. The number of hydrogen-bond acceptors (Lipinski definition) is 5. The van der Waals surface area contributed by atoms with E-state index in [0.29, 0.717) is 27.6 Å². The van der Waals surface area contributed by atoms with Gasteiger partial charge in [-0.2, -0.15) is 15.8 Å². The van der Waals surface area contributed by atoms with Gasteiger partial charge in [0, 0.05) is 26.5 Å². The number of aryl methyl sites for hydroxylation is 1. The molecule has 0 fully saturated rings. The van der Waals surface area contributed by atoms with E-state index in [2.05, 4.69) is 27.0 Å². The molecule has 3 aromatic rings. The molecule has 2 aromatic carbocycles. The van der Waals surface area contributed by atoms with Crippen LogP contribution in [0.15, 0.2) is 59.1 Å². The highest BCUT2D eigenvalue weighted by atomic mass is 79.9. The lowest BCUT2D eigenvalue weighted by molar-refractivity contribution is 0.507. The lowest BCUT2D eigenvalue weighted by atomic mass is 9.94. The van der Waals surface area contributed by atoms with Gasteiger partial charge in [0.05, 0.1) is 5.56 Å². The standard InChI is InChI=1S/C23H13BrN4O/c1-14-20(23(29)15-6-3-2-4-7-15)21(16-8-5-9-18(24)10-16)19(13-27)22(28-14)17(11-25)12-26/h2-10,29H,1H3/b23-20-. The smallest absolute Gasteiger partial charge is 0.156 e. The zero-order valence-electron chi connectivity index (χ0n) is 15.3. The monoisotopic (exact) mass is 440 g/mol. The van der Waals surface area contributed by atoms with E-state index >= 15 is 0 Å². The highest BCUT2D eigenvalue weighted by Gasteiger charge is 2.18. The first-order valence-electron chi connectivity index (χ1n) is 8.51.